The number of pyridine rings is 6. The minimum atomic E-state index is -0.00485. The highest BCUT2D eigenvalue weighted by molar-refractivity contribution is 5.66. The molecule has 0 atom stereocenters. The fourth-order valence-corrected chi connectivity index (χ4v) is 8.66. The van der Waals surface area contributed by atoms with E-state index >= 15 is 0 Å². The zero-order valence-electron chi connectivity index (χ0n) is 39.6. The van der Waals surface area contributed by atoms with Crippen LogP contribution in [0.5, 0.6) is 0 Å². The van der Waals surface area contributed by atoms with Crippen LogP contribution in [0, 0.1) is 0 Å². The van der Waals surface area contributed by atoms with Crippen LogP contribution in [0.2, 0.25) is 0 Å². The first kappa shape index (κ1) is 46.8. The Labute approximate surface area is 419 Å². The topological polar surface area (TPSA) is 121 Å². The van der Waals surface area contributed by atoms with Gasteiger partial charge in [0.05, 0.1) is 19.8 Å². The summed E-state index contributed by atoms with van der Waals surface area (Å²) in [6.45, 7) is 1.43. The number of aliphatic hydroxyl groups excluding tert-OH is 3. The van der Waals surface area contributed by atoms with Crippen LogP contribution in [0.15, 0.2) is 238 Å². The molecule has 0 amide bonds. The standard InChI is InChI=1S/C60H54N9O3/c70-43-46-10-16-52(17-11-46)55-22-25-58(61-37-55)67(64-28-4-1-5-29-64)40-49-34-50(41-68(65-30-6-2-7-31-65)59-26-23-56(38-62-59)53-18-12-47(44-71)13-19-53)36-51(35-49)42-69(66-32-8-3-9-33-66)60-27-24-57(39-63-60)54-20-14-48(45-72)15-21-54/h1-39,70-72H,40-45H2/q+3. The molecule has 0 radical (unpaired) electrons. The SMILES string of the molecule is OCc1ccc(-c2ccc(N(Cc3cc(CN(c4ccc(-c5ccc(CO)cc5)cn4)[n+]4ccccc4)cc(CN(c4ccc(-c5ccc(CO)cc5)cn4)[n+]4ccccc4)c3)[n+]3ccccc3)nc2)cc1. The summed E-state index contributed by atoms with van der Waals surface area (Å²) in [7, 11) is 0. The largest absolute Gasteiger partial charge is 0.392 e. The third-order valence-electron chi connectivity index (χ3n) is 12.5. The van der Waals surface area contributed by atoms with Crippen molar-refractivity contribution >= 4 is 17.5 Å². The molecule has 72 heavy (non-hydrogen) atoms. The predicted molar refractivity (Wildman–Crippen MR) is 278 cm³/mol. The number of aromatic nitrogens is 6. The van der Waals surface area contributed by atoms with Gasteiger partial charge in [0.15, 0.2) is 54.6 Å². The van der Waals surface area contributed by atoms with E-state index in [0.717, 1.165) is 84.2 Å². The highest BCUT2D eigenvalue weighted by Crippen LogP contribution is 2.27. The molecule has 12 heteroatoms. The Morgan fingerprint density at radius 2 is 0.542 bits per heavy atom. The fourth-order valence-electron chi connectivity index (χ4n) is 8.66. The Balaban J connectivity index is 1.04. The molecule has 354 valence electrons. The second-order valence-corrected chi connectivity index (χ2v) is 17.4. The van der Waals surface area contributed by atoms with Gasteiger partial charge in [-0.25, -0.2) is 15.0 Å². The first-order chi connectivity index (χ1) is 35.5. The minimum absolute atomic E-state index is 0.00485. The van der Waals surface area contributed by atoms with E-state index in [1.54, 1.807) is 0 Å². The first-order valence-corrected chi connectivity index (χ1v) is 23.8. The Hall–Kier alpha value is -8.94. The maximum Gasteiger partial charge on any atom is 0.200 e. The predicted octanol–water partition coefficient (Wildman–Crippen LogP) is 8.62. The van der Waals surface area contributed by atoms with Gasteiger partial charge in [-0.3, -0.25) is 0 Å². The van der Waals surface area contributed by atoms with Gasteiger partial charge in [-0.05, 0) is 86.5 Å². The molecule has 0 saturated heterocycles. The van der Waals surface area contributed by atoms with E-state index in [4.69, 9.17) is 15.0 Å². The molecule has 0 bridgehead atoms. The first-order valence-electron chi connectivity index (χ1n) is 23.8. The highest BCUT2D eigenvalue weighted by Gasteiger charge is 2.25. The molecule has 4 aromatic carbocycles. The van der Waals surface area contributed by atoms with Crippen LogP contribution < -0.4 is 29.1 Å². The third-order valence-corrected chi connectivity index (χ3v) is 12.5. The number of benzene rings is 4. The second kappa shape index (κ2) is 22.2. The summed E-state index contributed by atoms with van der Waals surface area (Å²) in [4.78, 5) is 15.1. The Bertz CT molecular complexity index is 2930. The van der Waals surface area contributed by atoms with Crippen molar-refractivity contribution < 1.29 is 29.3 Å². The van der Waals surface area contributed by atoms with Gasteiger partial charge in [0.1, 0.15) is 19.6 Å². The lowest BCUT2D eigenvalue weighted by Gasteiger charge is -2.22. The molecular weight excluding hydrogens is 895 g/mol. The highest BCUT2D eigenvalue weighted by atomic mass is 16.3. The van der Waals surface area contributed by atoms with Gasteiger partial charge in [-0.2, -0.15) is 0 Å². The summed E-state index contributed by atoms with van der Waals surface area (Å²) in [5.41, 5.74) is 11.7. The van der Waals surface area contributed by atoms with Gasteiger partial charge >= 0.3 is 0 Å². The van der Waals surface area contributed by atoms with Gasteiger partial charge in [-0.15, -0.1) is 15.0 Å². The summed E-state index contributed by atoms with van der Waals surface area (Å²) in [6.07, 6.45) is 17.9. The molecule has 10 aromatic rings. The number of aliphatic hydroxyl groups is 3. The van der Waals surface area contributed by atoms with Crippen LogP contribution >= 0.6 is 0 Å². The van der Waals surface area contributed by atoms with E-state index < -0.39 is 0 Å². The second-order valence-electron chi connectivity index (χ2n) is 17.4. The Morgan fingerprint density at radius 1 is 0.292 bits per heavy atom. The molecule has 6 heterocycles. The summed E-state index contributed by atoms with van der Waals surface area (Å²) >= 11 is 0. The molecule has 3 N–H and O–H groups in total. The molecule has 6 aromatic heterocycles. The fraction of sp³-hybridized carbons (Fsp3) is 0.100. The molecular formula is C60H54N9O3+3. The normalized spacial score (nSPS) is 11.0. The van der Waals surface area contributed by atoms with Gasteiger partial charge in [0, 0.05) is 71.7 Å². The number of rotatable bonds is 18. The lowest BCUT2D eigenvalue weighted by atomic mass is 10.0. The van der Waals surface area contributed by atoms with Crippen LogP contribution in [0.4, 0.5) is 17.5 Å². The average Bonchev–Trinajstić information content (AvgIpc) is 3.46. The molecule has 0 fully saturated rings. The monoisotopic (exact) mass is 948 g/mol. The molecule has 12 nitrogen and oxygen atoms in total. The van der Waals surface area contributed by atoms with Crippen molar-refractivity contribution in [1.29, 1.82) is 0 Å². The van der Waals surface area contributed by atoms with Crippen LogP contribution in [-0.2, 0) is 39.5 Å². The average molecular weight is 949 g/mol. The quantitative estimate of drug-likeness (QED) is 0.0727. The van der Waals surface area contributed by atoms with Gasteiger partial charge < -0.3 is 15.3 Å². The number of anilines is 3. The van der Waals surface area contributed by atoms with Crippen LogP contribution in [-0.4, -0.2) is 30.3 Å². The van der Waals surface area contributed by atoms with Crippen molar-refractivity contribution in [3.8, 4) is 33.4 Å². The number of hydrogen-bond donors (Lipinski definition) is 3. The smallest absolute Gasteiger partial charge is 0.200 e. The minimum Gasteiger partial charge on any atom is -0.392 e. The molecule has 10 rings (SSSR count). The summed E-state index contributed by atoms with van der Waals surface area (Å²) in [6, 6.07) is 61.0. The van der Waals surface area contributed by atoms with E-state index in [1.165, 1.54) is 0 Å². The molecule has 0 unspecified atom stereocenters. The van der Waals surface area contributed by atoms with Crippen molar-refractivity contribution in [3.05, 3.63) is 271 Å². The van der Waals surface area contributed by atoms with E-state index in [2.05, 4.69) is 65.5 Å². The van der Waals surface area contributed by atoms with Crippen molar-refractivity contribution in [1.82, 2.24) is 15.0 Å². The van der Waals surface area contributed by atoms with E-state index in [9.17, 15) is 15.3 Å². The molecule has 0 aliphatic rings. The van der Waals surface area contributed by atoms with Gasteiger partial charge in [0.25, 0.3) is 0 Å². The number of hydrogen-bond acceptors (Lipinski definition) is 9. The molecule has 0 saturated carbocycles. The zero-order chi connectivity index (χ0) is 49.1. The van der Waals surface area contributed by atoms with Crippen molar-refractivity contribution in [2.24, 2.45) is 0 Å². The maximum atomic E-state index is 9.63. The van der Waals surface area contributed by atoms with E-state index in [-0.39, 0.29) is 19.8 Å². The summed E-state index contributed by atoms with van der Waals surface area (Å²) in [5.74, 6) is 2.30. The molecule has 0 spiro atoms. The van der Waals surface area contributed by atoms with Gasteiger partial charge in [-0.1, -0.05) is 123 Å². The lowest BCUT2D eigenvalue weighted by molar-refractivity contribution is -0.686. The van der Waals surface area contributed by atoms with Crippen molar-refractivity contribution in [2.75, 3.05) is 15.0 Å². The summed E-state index contributed by atoms with van der Waals surface area (Å²) in [5, 5.41) is 35.4. The van der Waals surface area contributed by atoms with E-state index in [1.807, 2.05) is 201 Å². The van der Waals surface area contributed by atoms with E-state index in [0.29, 0.717) is 19.6 Å². The van der Waals surface area contributed by atoms with Gasteiger partial charge in [0.2, 0.25) is 0 Å². The van der Waals surface area contributed by atoms with Crippen molar-refractivity contribution in [2.45, 2.75) is 39.5 Å². The molecule has 0 aliphatic heterocycles. The third kappa shape index (κ3) is 11.1. The van der Waals surface area contributed by atoms with Crippen LogP contribution in [0.3, 0.4) is 0 Å². The number of nitrogens with zero attached hydrogens (tertiary/aromatic N) is 9. The zero-order valence-corrected chi connectivity index (χ0v) is 39.6. The Kier molecular flexibility index (Phi) is 14.4. The maximum absolute atomic E-state index is 9.63. The Morgan fingerprint density at radius 3 is 0.764 bits per heavy atom. The van der Waals surface area contributed by atoms with Crippen molar-refractivity contribution in [3.63, 3.8) is 0 Å². The van der Waals surface area contributed by atoms with Crippen LogP contribution in [0.1, 0.15) is 33.4 Å². The molecule has 0 aliphatic carbocycles. The van der Waals surface area contributed by atoms with Crippen LogP contribution in [0.25, 0.3) is 33.4 Å². The lowest BCUT2D eigenvalue weighted by Crippen LogP contribution is -2.54. The summed E-state index contributed by atoms with van der Waals surface area (Å²) < 4.78 is 6.19.